The minimum atomic E-state index is -0.408. The molecule has 2 rings (SSSR count). The van der Waals surface area contributed by atoms with Crippen molar-refractivity contribution in [3.63, 3.8) is 0 Å². The number of hydrogen-bond donors (Lipinski definition) is 2. The van der Waals surface area contributed by atoms with E-state index in [4.69, 9.17) is 5.11 Å². The van der Waals surface area contributed by atoms with Gasteiger partial charge < -0.3 is 10.4 Å². The van der Waals surface area contributed by atoms with Gasteiger partial charge in [-0.05, 0) is 24.6 Å². The molecule has 6 heteroatoms. The van der Waals surface area contributed by atoms with Crippen LogP contribution in [0.3, 0.4) is 0 Å². The summed E-state index contributed by atoms with van der Waals surface area (Å²) in [5.41, 5.74) is 0.845. The van der Waals surface area contributed by atoms with Crippen molar-refractivity contribution in [2.24, 2.45) is 0 Å². The largest absolute Gasteiger partial charge is 0.394 e. The lowest BCUT2D eigenvalue weighted by Crippen LogP contribution is -2.37. The first-order chi connectivity index (χ1) is 9.49. The van der Waals surface area contributed by atoms with Crippen LogP contribution in [0.1, 0.15) is 44.4 Å². The summed E-state index contributed by atoms with van der Waals surface area (Å²) in [4.78, 5) is 36.6. The molecule has 0 saturated carbocycles. The Morgan fingerprint density at radius 1 is 1.30 bits per heavy atom. The van der Waals surface area contributed by atoms with Crippen molar-refractivity contribution in [2.45, 2.75) is 19.4 Å². The Morgan fingerprint density at radius 3 is 2.55 bits per heavy atom. The first-order valence-electron chi connectivity index (χ1n) is 6.37. The Hall–Kier alpha value is -2.21. The molecule has 0 aliphatic carbocycles. The number of carbonyl (C=O) groups excluding carboxylic acids is 3. The molecule has 1 heterocycles. The van der Waals surface area contributed by atoms with Gasteiger partial charge in [-0.15, -0.1) is 0 Å². The van der Waals surface area contributed by atoms with Gasteiger partial charge in [0.1, 0.15) is 0 Å². The van der Waals surface area contributed by atoms with Gasteiger partial charge in [-0.3, -0.25) is 19.3 Å². The number of rotatable bonds is 4. The monoisotopic (exact) mass is 276 g/mol. The number of amides is 3. The van der Waals surface area contributed by atoms with Crippen molar-refractivity contribution in [3.05, 3.63) is 34.9 Å². The summed E-state index contributed by atoms with van der Waals surface area (Å²) in [5, 5.41) is 11.7. The van der Waals surface area contributed by atoms with E-state index in [1.54, 1.807) is 0 Å². The maximum absolute atomic E-state index is 12.0. The third kappa shape index (κ3) is 2.30. The molecule has 0 saturated heterocycles. The lowest BCUT2D eigenvalue weighted by atomic mass is 10.0. The van der Waals surface area contributed by atoms with Gasteiger partial charge in [0.05, 0.1) is 23.8 Å². The number of aliphatic hydroxyl groups excluding tert-OH is 1. The molecule has 106 valence electrons. The van der Waals surface area contributed by atoms with Crippen LogP contribution in [0.4, 0.5) is 0 Å². The van der Waals surface area contributed by atoms with Gasteiger partial charge in [-0.25, -0.2) is 0 Å². The van der Waals surface area contributed by atoms with Gasteiger partial charge in [-0.1, -0.05) is 6.92 Å². The first kappa shape index (κ1) is 14.2. The summed E-state index contributed by atoms with van der Waals surface area (Å²) in [6.07, 6.45) is 0.604. The number of imide groups is 1. The highest BCUT2D eigenvalue weighted by Crippen LogP contribution is 2.22. The molecule has 2 N–H and O–H groups in total. The molecule has 0 radical (unpaired) electrons. The third-order valence-corrected chi connectivity index (χ3v) is 3.40. The molecule has 0 fully saturated rings. The molecule has 0 spiro atoms. The number of aliphatic hydroxyl groups is 1. The van der Waals surface area contributed by atoms with Crippen LogP contribution in [0.15, 0.2) is 18.2 Å². The van der Waals surface area contributed by atoms with E-state index in [0.29, 0.717) is 17.5 Å². The van der Waals surface area contributed by atoms with Gasteiger partial charge in [0.25, 0.3) is 17.7 Å². The molecule has 1 atom stereocenters. The molecule has 6 nitrogen and oxygen atoms in total. The van der Waals surface area contributed by atoms with Crippen LogP contribution in [0.25, 0.3) is 0 Å². The molecule has 1 aliphatic rings. The van der Waals surface area contributed by atoms with Crippen LogP contribution in [0.2, 0.25) is 0 Å². The normalized spacial score (nSPS) is 15.2. The minimum Gasteiger partial charge on any atom is -0.394 e. The fraction of sp³-hybridized carbons (Fsp3) is 0.357. The number of benzene rings is 1. The highest BCUT2D eigenvalue weighted by molar-refractivity contribution is 6.21. The average molecular weight is 276 g/mol. The zero-order valence-electron chi connectivity index (χ0n) is 11.3. The molecule has 3 amide bonds. The van der Waals surface area contributed by atoms with Crippen molar-refractivity contribution in [1.82, 2.24) is 10.2 Å². The molecular weight excluding hydrogens is 260 g/mol. The molecule has 0 aromatic heterocycles. The van der Waals surface area contributed by atoms with E-state index in [2.05, 4.69) is 5.32 Å². The fourth-order valence-corrected chi connectivity index (χ4v) is 2.05. The molecular formula is C14H16N2O4. The van der Waals surface area contributed by atoms with E-state index in [1.165, 1.54) is 25.2 Å². The molecule has 1 unspecified atom stereocenters. The van der Waals surface area contributed by atoms with Gasteiger partial charge in [0.2, 0.25) is 0 Å². The quantitative estimate of drug-likeness (QED) is 0.780. The number of carbonyl (C=O) groups is 3. The second kappa shape index (κ2) is 5.42. The SMILES string of the molecule is CCC(CO)NC(=O)c1ccc2c(c1)C(=O)N(C)C2=O. The second-order valence-corrected chi connectivity index (χ2v) is 4.69. The number of nitrogens with zero attached hydrogens (tertiary/aromatic N) is 1. The van der Waals surface area contributed by atoms with E-state index in [0.717, 1.165) is 4.90 Å². The van der Waals surface area contributed by atoms with Crippen LogP contribution in [0.5, 0.6) is 0 Å². The topological polar surface area (TPSA) is 86.7 Å². The van der Waals surface area contributed by atoms with Crippen molar-refractivity contribution in [2.75, 3.05) is 13.7 Å². The van der Waals surface area contributed by atoms with Crippen LogP contribution in [0, 0.1) is 0 Å². The summed E-state index contributed by atoms with van der Waals surface area (Å²) < 4.78 is 0. The van der Waals surface area contributed by atoms with E-state index in [-0.39, 0.29) is 30.0 Å². The van der Waals surface area contributed by atoms with E-state index >= 15 is 0 Å². The Morgan fingerprint density at radius 2 is 1.95 bits per heavy atom. The third-order valence-electron chi connectivity index (χ3n) is 3.40. The number of nitrogens with one attached hydrogen (secondary N) is 1. The Bertz CT molecular complexity index is 579. The van der Waals surface area contributed by atoms with Crippen molar-refractivity contribution in [3.8, 4) is 0 Å². The van der Waals surface area contributed by atoms with Crippen molar-refractivity contribution >= 4 is 17.7 Å². The molecule has 1 aliphatic heterocycles. The number of hydrogen-bond acceptors (Lipinski definition) is 4. The van der Waals surface area contributed by atoms with Gasteiger partial charge in [0, 0.05) is 12.6 Å². The van der Waals surface area contributed by atoms with E-state index < -0.39 is 5.91 Å². The van der Waals surface area contributed by atoms with Gasteiger partial charge >= 0.3 is 0 Å². The maximum atomic E-state index is 12.0. The summed E-state index contributed by atoms with van der Waals surface area (Å²) in [7, 11) is 1.41. The zero-order chi connectivity index (χ0) is 14.9. The Labute approximate surface area is 116 Å². The Balaban J connectivity index is 2.27. The summed E-state index contributed by atoms with van der Waals surface area (Å²) >= 11 is 0. The minimum absolute atomic E-state index is 0.146. The molecule has 20 heavy (non-hydrogen) atoms. The average Bonchev–Trinajstić information content (AvgIpc) is 2.69. The number of fused-ring (bicyclic) bond motifs is 1. The van der Waals surface area contributed by atoms with E-state index in [1.807, 2.05) is 6.92 Å². The lowest BCUT2D eigenvalue weighted by Gasteiger charge is -2.14. The van der Waals surface area contributed by atoms with Crippen molar-refractivity contribution < 1.29 is 19.5 Å². The second-order valence-electron chi connectivity index (χ2n) is 4.69. The van der Waals surface area contributed by atoms with Crippen LogP contribution >= 0.6 is 0 Å². The predicted molar refractivity (Wildman–Crippen MR) is 71.5 cm³/mol. The van der Waals surface area contributed by atoms with Gasteiger partial charge in [-0.2, -0.15) is 0 Å². The van der Waals surface area contributed by atoms with Crippen LogP contribution in [-0.4, -0.2) is 47.4 Å². The highest BCUT2D eigenvalue weighted by atomic mass is 16.3. The Kier molecular flexibility index (Phi) is 3.85. The predicted octanol–water partition coefficient (Wildman–Crippen LogP) is 0.413. The summed E-state index contributed by atoms with van der Waals surface area (Å²) in [6, 6.07) is 4.07. The molecule has 1 aromatic carbocycles. The highest BCUT2D eigenvalue weighted by Gasteiger charge is 2.33. The lowest BCUT2D eigenvalue weighted by molar-refractivity contribution is 0.0693. The summed E-state index contributed by atoms with van der Waals surface area (Å²) in [5.74, 6) is -1.14. The van der Waals surface area contributed by atoms with Crippen molar-refractivity contribution in [1.29, 1.82) is 0 Å². The first-order valence-corrected chi connectivity index (χ1v) is 6.37. The van der Waals surface area contributed by atoms with Gasteiger partial charge in [0.15, 0.2) is 0 Å². The summed E-state index contributed by atoms with van der Waals surface area (Å²) in [6.45, 7) is 1.70. The van der Waals surface area contributed by atoms with Crippen LogP contribution < -0.4 is 5.32 Å². The zero-order valence-corrected chi connectivity index (χ0v) is 11.3. The maximum Gasteiger partial charge on any atom is 0.261 e. The molecule has 1 aromatic rings. The standard InChI is InChI=1S/C14H16N2O4/c1-3-9(7-17)15-12(18)8-4-5-10-11(6-8)14(20)16(2)13(10)19/h4-6,9,17H,3,7H2,1-2H3,(H,15,18). The fourth-order valence-electron chi connectivity index (χ4n) is 2.05. The smallest absolute Gasteiger partial charge is 0.261 e. The van der Waals surface area contributed by atoms with Crippen LogP contribution in [-0.2, 0) is 0 Å². The molecule has 0 bridgehead atoms. The van der Waals surface area contributed by atoms with E-state index in [9.17, 15) is 14.4 Å².